The van der Waals surface area contributed by atoms with Crippen molar-refractivity contribution in [3.8, 4) is 0 Å². The molecule has 7 heteroatoms. The lowest BCUT2D eigenvalue weighted by Crippen LogP contribution is -2.17. The summed E-state index contributed by atoms with van der Waals surface area (Å²) in [7, 11) is 1.44. The molecule has 0 aromatic carbocycles. The molecule has 1 fully saturated rings. The Morgan fingerprint density at radius 2 is 2.25 bits per heavy atom. The van der Waals surface area contributed by atoms with Gasteiger partial charge in [-0.1, -0.05) is 35.3 Å². The second-order valence-corrected chi connectivity index (χ2v) is 5.84. The maximum absolute atomic E-state index is 11.4. The van der Waals surface area contributed by atoms with Crippen LogP contribution in [0.4, 0.5) is 5.00 Å². The maximum Gasteiger partial charge on any atom is 0.311 e. The molecule has 82 valence electrons. The van der Waals surface area contributed by atoms with E-state index in [1.807, 2.05) is 0 Å². The number of thioether (sulfide) groups is 1. The molecular weight excluding hydrogens is 264 g/mol. The monoisotopic (exact) mass is 271 g/mol. The first-order valence-corrected chi connectivity index (χ1v) is 6.36. The van der Waals surface area contributed by atoms with Gasteiger partial charge in [-0.05, 0) is 12.1 Å². The minimum atomic E-state index is -0.180. The first kappa shape index (κ1) is 11.4. The summed E-state index contributed by atoms with van der Waals surface area (Å²) in [5, 5.41) is 3.15. The molecule has 0 atom stereocenters. The van der Waals surface area contributed by atoms with Gasteiger partial charge in [-0.25, -0.2) is 0 Å². The number of carbonyl (C=O) groups is 1. The number of amides is 1. The highest BCUT2D eigenvalue weighted by Gasteiger charge is 2.22. The van der Waals surface area contributed by atoms with Crippen LogP contribution in [0.2, 0.25) is 0 Å². The van der Waals surface area contributed by atoms with Gasteiger partial charge in [0.15, 0.2) is 7.05 Å². The fraction of sp³-hybridized carbons (Fsp3) is 0.111. The molecule has 0 radical (unpaired) electrons. The highest BCUT2D eigenvalue weighted by atomic mass is 32.2. The third-order valence-corrected chi connectivity index (χ3v) is 4.09. The van der Waals surface area contributed by atoms with Crippen LogP contribution in [-0.4, -0.2) is 22.0 Å². The summed E-state index contributed by atoms with van der Waals surface area (Å²) >= 11 is 7.44. The molecule has 0 aliphatic carbocycles. The zero-order valence-electron chi connectivity index (χ0n) is 8.22. The molecule has 1 aromatic heterocycles. The minimum Gasteiger partial charge on any atom is -0.307 e. The first-order chi connectivity index (χ1) is 7.56. The van der Waals surface area contributed by atoms with Crippen molar-refractivity contribution in [3.63, 3.8) is 0 Å². The summed E-state index contributed by atoms with van der Waals surface area (Å²) in [6.07, 6.45) is 1.73. The lowest BCUT2D eigenvalue weighted by Gasteiger charge is -1.87. The molecule has 0 spiro atoms. The standard InChI is InChI=1S/C9H6N2O2S3/c1-11(13)7-3-2-5(15-7)4-6-8(12)10-9(14)16-6/h2-4H,1H3/p+1/b6-4+. The molecule has 0 saturated carbocycles. The first-order valence-electron chi connectivity index (χ1n) is 4.32. The third kappa shape index (κ3) is 2.37. The van der Waals surface area contributed by atoms with Gasteiger partial charge in [-0.3, -0.25) is 4.79 Å². The summed E-state index contributed by atoms with van der Waals surface area (Å²) in [6, 6.07) is 3.52. The predicted octanol–water partition coefficient (Wildman–Crippen LogP) is 2.28. The second-order valence-electron chi connectivity index (χ2n) is 3.03. The van der Waals surface area contributed by atoms with Crippen LogP contribution in [0, 0.1) is 4.91 Å². The van der Waals surface area contributed by atoms with E-state index in [2.05, 4.69) is 5.32 Å². The Balaban J connectivity index is 2.26. The van der Waals surface area contributed by atoms with Crippen LogP contribution >= 0.6 is 35.3 Å². The van der Waals surface area contributed by atoms with Crippen LogP contribution < -0.4 is 5.32 Å². The van der Waals surface area contributed by atoms with E-state index in [1.54, 1.807) is 18.2 Å². The van der Waals surface area contributed by atoms with Gasteiger partial charge in [0, 0.05) is 20.6 Å². The van der Waals surface area contributed by atoms with E-state index in [0.717, 1.165) is 9.64 Å². The Morgan fingerprint density at radius 1 is 1.50 bits per heavy atom. The molecule has 2 heterocycles. The maximum atomic E-state index is 11.4. The fourth-order valence-electron chi connectivity index (χ4n) is 1.14. The summed E-state index contributed by atoms with van der Waals surface area (Å²) in [6.45, 7) is 0. The highest BCUT2D eigenvalue weighted by Crippen LogP contribution is 2.30. The number of thiocarbonyl (C=S) groups is 1. The molecule has 1 N–H and O–H groups in total. The van der Waals surface area contributed by atoms with Crippen molar-refractivity contribution < 1.29 is 9.55 Å². The summed E-state index contributed by atoms with van der Waals surface area (Å²) < 4.78 is 1.26. The zero-order chi connectivity index (χ0) is 11.7. The van der Waals surface area contributed by atoms with Gasteiger partial charge < -0.3 is 5.32 Å². The Hall–Kier alpha value is -1.05. The normalized spacial score (nSPS) is 17.9. The molecule has 4 nitrogen and oxygen atoms in total. The van der Waals surface area contributed by atoms with Crippen LogP contribution in [0.15, 0.2) is 17.0 Å². The van der Waals surface area contributed by atoms with E-state index in [4.69, 9.17) is 12.2 Å². The van der Waals surface area contributed by atoms with Gasteiger partial charge in [0.1, 0.15) is 4.32 Å². The van der Waals surface area contributed by atoms with E-state index in [9.17, 15) is 9.70 Å². The molecule has 1 aliphatic heterocycles. The zero-order valence-corrected chi connectivity index (χ0v) is 10.7. The average Bonchev–Trinajstić information content (AvgIpc) is 2.75. The van der Waals surface area contributed by atoms with Gasteiger partial charge in [0.05, 0.1) is 4.91 Å². The Kier molecular flexibility index (Phi) is 3.17. The number of nitroso groups, excluding NO2 is 1. The van der Waals surface area contributed by atoms with E-state index < -0.39 is 0 Å². The minimum absolute atomic E-state index is 0.180. The molecule has 0 bridgehead atoms. The molecule has 16 heavy (non-hydrogen) atoms. The van der Waals surface area contributed by atoms with E-state index >= 15 is 0 Å². The quantitative estimate of drug-likeness (QED) is 0.509. The molecule has 1 aliphatic rings. The van der Waals surface area contributed by atoms with Crippen molar-refractivity contribution in [1.29, 1.82) is 0 Å². The molecule has 1 amide bonds. The predicted molar refractivity (Wildman–Crippen MR) is 69.8 cm³/mol. The van der Waals surface area contributed by atoms with Crippen molar-refractivity contribution in [3.05, 3.63) is 26.8 Å². The summed E-state index contributed by atoms with van der Waals surface area (Å²) in [4.78, 5) is 23.8. The van der Waals surface area contributed by atoms with Gasteiger partial charge in [0.2, 0.25) is 0 Å². The number of nitrogens with zero attached hydrogens (tertiary/aromatic N) is 1. The van der Waals surface area contributed by atoms with E-state index in [0.29, 0.717) is 14.2 Å². The molecular formula is C9H7N2O2S3+. The van der Waals surface area contributed by atoms with Crippen LogP contribution in [0.25, 0.3) is 6.08 Å². The number of thiophene rings is 1. The van der Waals surface area contributed by atoms with Crippen molar-refractivity contribution in [2.24, 2.45) is 0 Å². The van der Waals surface area contributed by atoms with E-state index in [1.165, 1.54) is 30.1 Å². The topological polar surface area (TPSA) is 49.2 Å². The van der Waals surface area contributed by atoms with Crippen molar-refractivity contribution in [1.82, 2.24) is 5.32 Å². The number of carbonyl (C=O) groups excluding carboxylic acids is 1. The fourth-order valence-corrected chi connectivity index (χ4v) is 3.07. The summed E-state index contributed by atoms with van der Waals surface area (Å²) in [5.41, 5.74) is 0. The Labute approximate surface area is 105 Å². The SMILES string of the molecule is C[N+](=O)c1ccc(/C=C2/SC(=S)NC2=O)s1. The van der Waals surface area contributed by atoms with Crippen molar-refractivity contribution in [2.75, 3.05) is 7.05 Å². The molecule has 1 aromatic rings. The number of hydrogen-bond donors (Lipinski definition) is 1. The van der Waals surface area contributed by atoms with Gasteiger partial charge in [-0.2, -0.15) is 0 Å². The Morgan fingerprint density at radius 3 is 2.75 bits per heavy atom. The highest BCUT2D eigenvalue weighted by molar-refractivity contribution is 8.26. The average molecular weight is 271 g/mol. The van der Waals surface area contributed by atoms with Crippen LogP contribution in [-0.2, 0) is 4.79 Å². The lowest BCUT2D eigenvalue weighted by atomic mass is 10.4. The lowest BCUT2D eigenvalue weighted by molar-refractivity contribution is -0.423. The van der Waals surface area contributed by atoms with Gasteiger partial charge in [0.25, 0.3) is 5.91 Å². The number of rotatable bonds is 2. The molecule has 1 saturated heterocycles. The largest absolute Gasteiger partial charge is 0.311 e. The number of hydrogen-bond acceptors (Lipinski definition) is 5. The van der Waals surface area contributed by atoms with Crippen LogP contribution in [0.5, 0.6) is 0 Å². The van der Waals surface area contributed by atoms with Crippen LogP contribution in [0.1, 0.15) is 4.88 Å². The van der Waals surface area contributed by atoms with Gasteiger partial charge in [-0.15, -0.1) is 0 Å². The number of nitrogens with one attached hydrogen (secondary N) is 1. The van der Waals surface area contributed by atoms with Crippen molar-refractivity contribution >= 4 is 56.6 Å². The van der Waals surface area contributed by atoms with Crippen molar-refractivity contribution in [2.45, 2.75) is 0 Å². The van der Waals surface area contributed by atoms with Crippen LogP contribution in [0.3, 0.4) is 0 Å². The summed E-state index contributed by atoms with van der Waals surface area (Å²) in [5.74, 6) is -0.180. The molecule has 2 rings (SSSR count). The van der Waals surface area contributed by atoms with E-state index in [-0.39, 0.29) is 5.91 Å². The van der Waals surface area contributed by atoms with Gasteiger partial charge >= 0.3 is 5.00 Å². The third-order valence-electron chi connectivity index (χ3n) is 1.84. The molecule has 0 unspecified atom stereocenters. The Bertz CT molecular complexity index is 519. The second kappa shape index (κ2) is 4.44. The smallest absolute Gasteiger partial charge is 0.307 e.